The molecule has 0 bridgehead atoms. The number of methoxy groups -OCH3 is 2. The Hall–Kier alpha value is -3.79. The van der Waals surface area contributed by atoms with Crippen LogP contribution in [0.3, 0.4) is 0 Å². The number of aryl methyl sites for hydroxylation is 2. The van der Waals surface area contributed by atoms with Gasteiger partial charge in [0.1, 0.15) is 18.0 Å². The van der Waals surface area contributed by atoms with Crippen molar-refractivity contribution in [1.29, 1.82) is 0 Å². The quantitative estimate of drug-likeness (QED) is 0.360. The van der Waals surface area contributed by atoms with Gasteiger partial charge in [-0.15, -0.1) is 0 Å². The van der Waals surface area contributed by atoms with E-state index in [0.29, 0.717) is 5.75 Å². The number of amides is 1. The maximum atomic E-state index is 12.6. The van der Waals surface area contributed by atoms with Crippen molar-refractivity contribution in [3.63, 3.8) is 0 Å². The number of carbonyl (C=O) groups is 1. The fraction of sp³-hybridized carbons (Fsp3) is 0.280. The van der Waals surface area contributed by atoms with Gasteiger partial charge in [0.15, 0.2) is 0 Å². The molecule has 0 aliphatic rings. The van der Waals surface area contributed by atoms with Crippen LogP contribution in [0.1, 0.15) is 22.5 Å². The van der Waals surface area contributed by atoms with Crippen molar-refractivity contribution in [2.75, 3.05) is 31.3 Å². The third-order valence-electron chi connectivity index (χ3n) is 5.47. The zero-order valence-corrected chi connectivity index (χ0v) is 21.5. The van der Waals surface area contributed by atoms with Crippen LogP contribution in [0, 0.1) is 20.8 Å². The molecule has 0 spiro atoms. The first-order valence-corrected chi connectivity index (χ1v) is 12.7. The monoisotopic (exact) mass is 498 g/mol. The Morgan fingerprint density at radius 2 is 1.83 bits per heavy atom. The second-order valence-electron chi connectivity index (χ2n) is 8.10. The Morgan fingerprint density at radius 3 is 2.46 bits per heavy atom. The lowest BCUT2D eigenvalue weighted by atomic mass is 10.2. The molecule has 10 heteroatoms. The molecule has 0 saturated carbocycles. The summed E-state index contributed by atoms with van der Waals surface area (Å²) in [6.45, 7) is 5.52. The summed E-state index contributed by atoms with van der Waals surface area (Å²) in [6, 6.07) is 14.8. The summed E-state index contributed by atoms with van der Waals surface area (Å²) >= 11 is 0. The zero-order chi connectivity index (χ0) is 25.8. The maximum absolute atomic E-state index is 12.6. The van der Waals surface area contributed by atoms with Gasteiger partial charge in [-0.2, -0.15) is 5.10 Å². The lowest BCUT2D eigenvalue weighted by molar-refractivity contribution is -0.119. The number of hydrogen-bond acceptors (Lipinski definition) is 6. The van der Waals surface area contributed by atoms with Gasteiger partial charge in [0, 0.05) is 28.7 Å². The second kappa shape index (κ2) is 10.6. The van der Waals surface area contributed by atoms with Crippen molar-refractivity contribution in [3.8, 4) is 17.2 Å². The van der Waals surface area contributed by atoms with Gasteiger partial charge in [0.05, 0.1) is 32.4 Å². The average molecular weight is 499 g/mol. The number of nitrogens with zero attached hydrogens (tertiary/aromatic N) is 3. The smallest absolute Gasteiger partial charge is 0.260 e. The number of hydrazone groups is 1. The molecule has 35 heavy (non-hydrogen) atoms. The molecule has 1 aromatic heterocycles. The van der Waals surface area contributed by atoms with E-state index < -0.39 is 22.5 Å². The molecule has 0 aliphatic heterocycles. The molecule has 9 nitrogen and oxygen atoms in total. The molecule has 1 amide bonds. The lowest BCUT2D eigenvalue weighted by Gasteiger charge is -2.23. The van der Waals surface area contributed by atoms with Crippen LogP contribution < -0.4 is 19.2 Å². The fourth-order valence-electron chi connectivity index (χ4n) is 3.80. The number of anilines is 1. The molecule has 0 aliphatic carbocycles. The van der Waals surface area contributed by atoms with Gasteiger partial charge in [-0.05, 0) is 56.7 Å². The number of sulfonamides is 1. The van der Waals surface area contributed by atoms with Gasteiger partial charge in [0.2, 0.25) is 10.0 Å². The Kier molecular flexibility index (Phi) is 7.85. The fourth-order valence-corrected chi connectivity index (χ4v) is 4.65. The summed E-state index contributed by atoms with van der Waals surface area (Å²) in [5.74, 6) is 0.108. The van der Waals surface area contributed by atoms with Crippen molar-refractivity contribution in [1.82, 2.24) is 9.99 Å². The first kappa shape index (κ1) is 25.8. The summed E-state index contributed by atoms with van der Waals surface area (Å²) in [5.41, 5.74) is 7.62. The molecule has 0 atom stereocenters. The predicted octanol–water partition coefficient (Wildman–Crippen LogP) is 3.34. The highest BCUT2D eigenvalue weighted by atomic mass is 32.2. The zero-order valence-electron chi connectivity index (χ0n) is 20.7. The van der Waals surface area contributed by atoms with Gasteiger partial charge in [-0.1, -0.05) is 12.1 Å². The number of hydrogen-bond donors (Lipinski definition) is 1. The van der Waals surface area contributed by atoms with Gasteiger partial charge in [0.25, 0.3) is 5.91 Å². The van der Waals surface area contributed by atoms with Crippen molar-refractivity contribution in [2.24, 2.45) is 5.10 Å². The summed E-state index contributed by atoms with van der Waals surface area (Å²) in [4.78, 5) is 12.6. The van der Waals surface area contributed by atoms with Crippen molar-refractivity contribution >= 4 is 27.8 Å². The number of ether oxygens (including phenoxy) is 2. The summed E-state index contributed by atoms with van der Waals surface area (Å²) < 4.78 is 38.5. The molecule has 186 valence electrons. The second-order valence-corrected chi connectivity index (χ2v) is 10.0. The van der Waals surface area contributed by atoms with E-state index in [1.165, 1.54) is 20.3 Å². The normalized spacial score (nSPS) is 11.5. The third-order valence-corrected chi connectivity index (χ3v) is 6.59. The highest BCUT2D eigenvalue weighted by Gasteiger charge is 2.24. The van der Waals surface area contributed by atoms with Crippen molar-refractivity contribution in [2.45, 2.75) is 20.8 Å². The molecule has 2 aromatic carbocycles. The van der Waals surface area contributed by atoms with Crippen LogP contribution in [0.25, 0.3) is 5.69 Å². The van der Waals surface area contributed by atoms with Crippen LogP contribution in [0.15, 0.2) is 53.6 Å². The first-order chi connectivity index (χ1) is 16.5. The largest absolute Gasteiger partial charge is 0.497 e. The van der Waals surface area contributed by atoms with Crippen molar-refractivity contribution in [3.05, 3.63) is 71.0 Å². The average Bonchev–Trinajstić information content (AvgIpc) is 3.09. The van der Waals surface area contributed by atoms with Crippen LogP contribution >= 0.6 is 0 Å². The van der Waals surface area contributed by atoms with E-state index in [-0.39, 0.29) is 11.4 Å². The summed E-state index contributed by atoms with van der Waals surface area (Å²) in [5, 5.41) is 4.06. The molecule has 0 unspecified atom stereocenters. The van der Waals surface area contributed by atoms with E-state index in [9.17, 15) is 13.2 Å². The maximum Gasteiger partial charge on any atom is 0.260 e. The number of benzene rings is 2. The molecule has 1 heterocycles. The topological polar surface area (TPSA) is 102 Å². The van der Waals surface area contributed by atoms with Crippen LogP contribution in [0.5, 0.6) is 11.5 Å². The molecular formula is C25H30N4O5S. The molecule has 0 saturated heterocycles. The van der Waals surface area contributed by atoms with E-state index in [0.717, 1.165) is 38.8 Å². The Balaban J connectivity index is 1.79. The molecule has 0 radical (unpaired) electrons. The summed E-state index contributed by atoms with van der Waals surface area (Å²) in [6.07, 6.45) is 2.56. The molecule has 3 rings (SSSR count). The van der Waals surface area contributed by atoms with Gasteiger partial charge in [-0.25, -0.2) is 13.8 Å². The van der Waals surface area contributed by atoms with E-state index >= 15 is 0 Å². The molecule has 1 N–H and O–H groups in total. The number of nitrogens with one attached hydrogen (secondary N) is 1. The first-order valence-electron chi connectivity index (χ1n) is 10.8. The Labute approximate surface area is 206 Å². The standard InChI is InChI=1S/C25H30N4O5S/c1-17-8-7-9-21(12-17)29-18(2)13-20(19(29)3)15-26-27-25(30)16-28(35(6,31)32)23-14-22(33-4)10-11-24(23)34-5/h7-15H,16H2,1-6H3,(H,27,30)/b26-15-. The van der Waals surface area contributed by atoms with Gasteiger partial charge < -0.3 is 14.0 Å². The molecular weight excluding hydrogens is 468 g/mol. The van der Waals surface area contributed by atoms with E-state index in [1.807, 2.05) is 45.0 Å². The van der Waals surface area contributed by atoms with Crippen LogP contribution in [0.2, 0.25) is 0 Å². The van der Waals surface area contributed by atoms with Gasteiger partial charge in [-0.3, -0.25) is 9.10 Å². The molecule has 3 aromatic rings. The number of rotatable bonds is 9. The summed E-state index contributed by atoms with van der Waals surface area (Å²) in [7, 11) is -0.923. The molecule has 0 fully saturated rings. The predicted molar refractivity (Wildman–Crippen MR) is 137 cm³/mol. The minimum absolute atomic E-state index is 0.190. The van der Waals surface area contributed by atoms with E-state index in [4.69, 9.17) is 9.47 Å². The van der Waals surface area contributed by atoms with Gasteiger partial charge >= 0.3 is 0 Å². The Bertz CT molecular complexity index is 1360. The van der Waals surface area contributed by atoms with Crippen LogP contribution in [-0.4, -0.2) is 52.1 Å². The van der Waals surface area contributed by atoms with Crippen molar-refractivity contribution < 1.29 is 22.7 Å². The van der Waals surface area contributed by atoms with E-state index in [1.54, 1.807) is 18.3 Å². The highest BCUT2D eigenvalue weighted by Crippen LogP contribution is 2.33. The number of aromatic nitrogens is 1. The van der Waals surface area contributed by atoms with Crippen LogP contribution in [-0.2, 0) is 14.8 Å². The number of carbonyl (C=O) groups excluding carboxylic acids is 1. The van der Waals surface area contributed by atoms with E-state index in [2.05, 4.69) is 21.2 Å². The minimum Gasteiger partial charge on any atom is -0.497 e. The Morgan fingerprint density at radius 1 is 1.09 bits per heavy atom. The lowest BCUT2D eigenvalue weighted by Crippen LogP contribution is -2.39. The van der Waals surface area contributed by atoms with Crippen LogP contribution in [0.4, 0.5) is 5.69 Å². The minimum atomic E-state index is -3.81. The highest BCUT2D eigenvalue weighted by molar-refractivity contribution is 7.92. The third kappa shape index (κ3) is 6.02. The SMILES string of the molecule is COc1ccc(OC)c(N(CC(=O)N/N=C\c2cc(C)n(-c3cccc(C)c3)c2C)S(C)(=O)=O)c1.